The SMILES string of the molecule is C=CCCCCCC(=O)c1ccccc1C(C)(C)C. The van der Waals surface area contributed by atoms with Crippen LogP contribution in [0, 0.1) is 0 Å². The van der Waals surface area contributed by atoms with Crippen molar-refractivity contribution in [2.45, 2.75) is 58.3 Å². The Morgan fingerprint density at radius 2 is 1.84 bits per heavy atom. The molecule has 0 unspecified atom stereocenters. The van der Waals surface area contributed by atoms with Crippen LogP contribution in [-0.4, -0.2) is 5.78 Å². The smallest absolute Gasteiger partial charge is 0.163 e. The van der Waals surface area contributed by atoms with Crippen LogP contribution in [-0.2, 0) is 5.41 Å². The molecule has 0 aliphatic heterocycles. The summed E-state index contributed by atoms with van der Waals surface area (Å²) in [6.45, 7) is 10.2. The lowest BCUT2D eigenvalue weighted by Gasteiger charge is -2.22. The molecule has 0 aliphatic rings. The molecular formula is C18H26O. The molecule has 19 heavy (non-hydrogen) atoms. The molecule has 104 valence electrons. The molecule has 0 aromatic heterocycles. The first-order valence-electron chi connectivity index (χ1n) is 7.20. The van der Waals surface area contributed by atoms with Crippen molar-refractivity contribution in [3.05, 3.63) is 48.0 Å². The van der Waals surface area contributed by atoms with Crippen molar-refractivity contribution in [3.8, 4) is 0 Å². The van der Waals surface area contributed by atoms with Crippen LogP contribution >= 0.6 is 0 Å². The summed E-state index contributed by atoms with van der Waals surface area (Å²) in [4.78, 5) is 12.3. The Hall–Kier alpha value is -1.37. The monoisotopic (exact) mass is 258 g/mol. The van der Waals surface area contributed by atoms with E-state index in [4.69, 9.17) is 0 Å². The van der Waals surface area contributed by atoms with E-state index < -0.39 is 0 Å². The molecule has 1 aromatic rings. The van der Waals surface area contributed by atoms with E-state index in [1.54, 1.807) is 0 Å². The molecule has 0 radical (unpaired) electrons. The number of carbonyl (C=O) groups excluding carboxylic acids is 1. The maximum absolute atomic E-state index is 12.3. The highest BCUT2D eigenvalue weighted by molar-refractivity contribution is 5.97. The minimum atomic E-state index is 0.0229. The molecule has 0 spiro atoms. The molecule has 1 rings (SSSR count). The standard InChI is InChI=1S/C18H26O/c1-5-6-7-8-9-14-17(19)15-12-10-11-13-16(15)18(2,3)4/h5,10-13H,1,6-9,14H2,2-4H3. The second-order valence-corrected chi connectivity index (χ2v) is 6.11. The van der Waals surface area contributed by atoms with Gasteiger partial charge in [0.05, 0.1) is 0 Å². The maximum atomic E-state index is 12.3. The number of hydrogen-bond donors (Lipinski definition) is 0. The molecule has 0 amide bonds. The van der Waals surface area contributed by atoms with Gasteiger partial charge in [-0.15, -0.1) is 6.58 Å². The summed E-state index contributed by atoms with van der Waals surface area (Å²) in [6, 6.07) is 8.01. The van der Waals surface area contributed by atoms with Gasteiger partial charge in [0.2, 0.25) is 0 Å². The molecule has 1 aromatic carbocycles. The predicted molar refractivity (Wildman–Crippen MR) is 82.8 cm³/mol. The number of Topliss-reactive ketones (excluding diaryl/α,β-unsaturated/α-hetero) is 1. The van der Waals surface area contributed by atoms with E-state index in [-0.39, 0.29) is 11.2 Å². The average Bonchev–Trinajstić information content (AvgIpc) is 2.37. The highest BCUT2D eigenvalue weighted by Crippen LogP contribution is 2.26. The van der Waals surface area contributed by atoms with Gasteiger partial charge in [-0.1, -0.05) is 57.5 Å². The van der Waals surface area contributed by atoms with Gasteiger partial charge in [0.25, 0.3) is 0 Å². The zero-order valence-corrected chi connectivity index (χ0v) is 12.5. The molecule has 0 bridgehead atoms. The van der Waals surface area contributed by atoms with Crippen LogP contribution in [0.25, 0.3) is 0 Å². The Morgan fingerprint density at radius 1 is 1.16 bits per heavy atom. The Balaban J connectivity index is 2.64. The summed E-state index contributed by atoms with van der Waals surface area (Å²) >= 11 is 0. The third kappa shape index (κ3) is 5.02. The third-order valence-corrected chi connectivity index (χ3v) is 3.35. The third-order valence-electron chi connectivity index (χ3n) is 3.35. The van der Waals surface area contributed by atoms with Crippen molar-refractivity contribution < 1.29 is 4.79 Å². The van der Waals surface area contributed by atoms with Crippen LogP contribution in [0.3, 0.4) is 0 Å². The molecule has 0 atom stereocenters. The van der Waals surface area contributed by atoms with Gasteiger partial charge in [0.15, 0.2) is 5.78 Å². The molecule has 0 saturated heterocycles. The fraction of sp³-hybridized carbons (Fsp3) is 0.500. The van der Waals surface area contributed by atoms with Crippen LogP contribution in [0.2, 0.25) is 0 Å². The molecule has 0 N–H and O–H groups in total. The second-order valence-electron chi connectivity index (χ2n) is 6.11. The summed E-state index contributed by atoms with van der Waals surface area (Å²) in [7, 11) is 0. The molecular weight excluding hydrogens is 232 g/mol. The summed E-state index contributed by atoms with van der Waals surface area (Å²) < 4.78 is 0. The summed E-state index contributed by atoms with van der Waals surface area (Å²) in [6.07, 6.45) is 6.87. The molecule has 0 saturated carbocycles. The normalized spacial score (nSPS) is 11.3. The highest BCUT2D eigenvalue weighted by Gasteiger charge is 2.20. The first kappa shape index (κ1) is 15.7. The van der Waals surface area contributed by atoms with Crippen molar-refractivity contribution in [1.29, 1.82) is 0 Å². The van der Waals surface area contributed by atoms with Gasteiger partial charge in [-0.3, -0.25) is 4.79 Å². The van der Waals surface area contributed by atoms with Crippen LogP contribution in [0.1, 0.15) is 68.8 Å². The van der Waals surface area contributed by atoms with E-state index in [0.717, 1.165) is 36.8 Å². The number of benzene rings is 1. The van der Waals surface area contributed by atoms with E-state index in [2.05, 4.69) is 33.4 Å². The van der Waals surface area contributed by atoms with Gasteiger partial charge in [0.1, 0.15) is 0 Å². The summed E-state index contributed by atoms with van der Waals surface area (Å²) in [5.41, 5.74) is 2.08. The van der Waals surface area contributed by atoms with Crippen molar-refractivity contribution in [2.75, 3.05) is 0 Å². The molecule has 0 fully saturated rings. The summed E-state index contributed by atoms with van der Waals surface area (Å²) in [5, 5.41) is 0. The van der Waals surface area contributed by atoms with E-state index in [9.17, 15) is 4.79 Å². The van der Waals surface area contributed by atoms with E-state index in [1.807, 2.05) is 24.3 Å². The van der Waals surface area contributed by atoms with Crippen LogP contribution in [0.15, 0.2) is 36.9 Å². The maximum Gasteiger partial charge on any atom is 0.163 e. The van der Waals surface area contributed by atoms with Gasteiger partial charge in [0, 0.05) is 12.0 Å². The number of hydrogen-bond acceptors (Lipinski definition) is 1. The number of ketones is 1. The lowest BCUT2D eigenvalue weighted by Crippen LogP contribution is -2.16. The fourth-order valence-electron chi connectivity index (χ4n) is 2.27. The largest absolute Gasteiger partial charge is 0.294 e. The Labute approximate surface area is 117 Å². The molecule has 0 aliphatic carbocycles. The number of rotatable bonds is 7. The quantitative estimate of drug-likeness (QED) is 0.368. The van der Waals surface area contributed by atoms with Gasteiger partial charge in [-0.05, 0) is 30.2 Å². The molecule has 1 heteroatoms. The second kappa shape index (κ2) is 7.28. The number of allylic oxidation sites excluding steroid dienone is 1. The van der Waals surface area contributed by atoms with Crippen molar-refractivity contribution >= 4 is 5.78 Å². The Kier molecular flexibility index (Phi) is 6.01. The zero-order valence-electron chi connectivity index (χ0n) is 12.5. The van der Waals surface area contributed by atoms with Crippen molar-refractivity contribution in [3.63, 3.8) is 0 Å². The minimum Gasteiger partial charge on any atom is -0.294 e. The van der Waals surface area contributed by atoms with Crippen molar-refractivity contribution in [2.24, 2.45) is 0 Å². The average molecular weight is 258 g/mol. The van der Waals surface area contributed by atoms with E-state index in [1.165, 1.54) is 0 Å². The van der Waals surface area contributed by atoms with Gasteiger partial charge >= 0.3 is 0 Å². The van der Waals surface area contributed by atoms with Gasteiger partial charge < -0.3 is 0 Å². The lowest BCUT2D eigenvalue weighted by atomic mass is 9.82. The topological polar surface area (TPSA) is 17.1 Å². The minimum absolute atomic E-state index is 0.0229. The first-order valence-corrected chi connectivity index (χ1v) is 7.20. The molecule has 1 nitrogen and oxygen atoms in total. The predicted octanol–water partition coefficient (Wildman–Crippen LogP) is 5.30. The number of carbonyl (C=O) groups is 1. The van der Waals surface area contributed by atoms with Crippen LogP contribution < -0.4 is 0 Å². The first-order chi connectivity index (χ1) is 8.96. The Bertz CT molecular complexity index is 424. The zero-order chi connectivity index (χ0) is 14.3. The van der Waals surface area contributed by atoms with Gasteiger partial charge in [-0.25, -0.2) is 0 Å². The summed E-state index contributed by atoms with van der Waals surface area (Å²) in [5.74, 6) is 0.282. The number of unbranched alkanes of at least 4 members (excludes halogenated alkanes) is 3. The van der Waals surface area contributed by atoms with Gasteiger partial charge in [-0.2, -0.15) is 0 Å². The van der Waals surface area contributed by atoms with E-state index >= 15 is 0 Å². The van der Waals surface area contributed by atoms with Crippen LogP contribution in [0.5, 0.6) is 0 Å². The molecule has 0 heterocycles. The van der Waals surface area contributed by atoms with Crippen LogP contribution in [0.4, 0.5) is 0 Å². The van der Waals surface area contributed by atoms with Crippen molar-refractivity contribution in [1.82, 2.24) is 0 Å². The van der Waals surface area contributed by atoms with E-state index in [0.29, 0.717) is 6.42 Å². The fourth-order valence-corrected chi connectivity index (χ4v) is 2.27. The Morgan fingerprint density at radius 3 is 2.47 bits per heavy atom. The lowest BCUT2D eigenvalue weighted by molar-refractivity contribution is 0.0977. The highest BCUT2D eigenvalue weighted by atomic mass is 16.1.